The van der Waals surface area contributed by atoms with Crippen LogP contribution in [0.3, 0.4) is 0 Å². The van der Waals surface area contributed by atoms with E-state index in [0.717, 1.165) is 0 Å². The summed E-state index contributed by atoms with van der Waals surface area (Å²) >= 11 is 0. The first kappa shape index (κ1) is 19.2. The van der Waals surface area contributed by atoms with Gasteiger partial charge in [-0.15, -0.1) is 0 Å². The second kappa shape index (κ2) is 8.39. The highest BCUT2D eigenvalue weighted by molar-refractivity contribution is 6.06. The molecule has 28 heavy (non-hydrogen) atoms. The van der Waals surface area contributed by atoms with Crippen LogP contribution in [0.4, 0.5) is 5.69 Å². The first-order chi connectivity index (χ1) is 13.5. The molecule has 1 amide bonds. The van der Waals surface area contributed by atoms with E-state index < -0.39 is 5.97 Å². The summed E-state index contributed by atoms with van der Waals surface area (Å²) in [7, 11) is 1.51. The van der Waals surface area contributed by atoms with Gasteiger partial charge in [0.15, 0.2) is 0 Å². The molecule has 0 unspecified atom stereocenters. The van der Waals surface area contributed by atoms with E-state index in [1.807, 2.05) is 6.92 Å². The largest absolute Gasteiger partial charge is 0.496 e. The maximum Gasteiger partial charge on any atom is 0.349 e. The van der Waals surface area contributed by atoms with Crippen molar-refractivity contribution < 1.29 is 23.6 Å². The number of para-hydroxylation sites is 1. The summed E-state index contributed by atoms with van der Waals surface area (Å²) in [6.45, 7) is 3.55. The molecule has 1 heterocycles. The van der Waals surface area contributed by atoms with Gasteiger partial charge < -0.3 is 19.3 Å². The van der Waals surface area contributed by atoms with Gasteiger partial charge in [-0.1, -0.05) is 24.2 Å². The minimum absolute atomic E-state index is 0.296. The predicted octanol–water partition coefficient (Wildman–Crippen LogP) is 4.03. The topological polar surface area (TPSA) is 90.7 Å². The van der Waals surface area contributed by atoms with Crippen LogP contribution in [0, 0.1) is 6.92 Å². The average molecular weight is 380 g/mol. The highest BCUT2D eigenvalue weighted by Gasteiger charge is 2.21. The first-order valence-corrected chi connectivity index (χ1v) is 8.75. The van der Waals surface area contributed by atoms with E-state index in [1.165, 1.54) is 7.11 Å². The third-order valence-corrected chi connectivity index (χ3v) is 4.15. The van der Waals surface area contributed by atoms with Gasteiger partial charge in [-0.3, -0.25) is 4.79 Å². The Kier molecular flexibility index (Phi) is 5.74. The second-order valence-electron chi connectivity index (χ2n) is 5.98. The van der Waals surface area contributed by atoms with Crippen molar-refractivity contribution in [2.45, 2.75) is 20.3 Å². The number of carbonyl (C=O) groups excluding carboxylic acids is 2. The lowest BCUT2D eigenvalue weighted by atomic mass is 10.1. The van der Waals surface area contributed by atoms with Crippen molar-refractivity contribution in [2.75, 3.05) is 12.4 Å². The van der Waals surface area contributed by atoms with Gasteiger partial charge in [-0.05, 0) is 49.7 Å². The summed E-state index contributed by atoms with van der Waals surface area (Å²) < 4.78 is 15.7. The van der Waals surface area contributed by atoms with Crippen molar-refractivity contribution in [1.29, 1.82) is 0 Å². The van der Waals surface area contributed by atoms with Gasteiger partial charge >= 0.3 is 5.97 Å². The molecule has 0 radical (unpaired) electrons. The number of hydrogen-bond acceptors (Lipinski definition) is 6. The second-order valence-corrected chi connectivity index (χ2v) is 5.98. The minimum Gasteiger partial charge on any atom is -0.496 e. The van der Waals surface area contributed by atoms with Crippen LogP contribution in [-0.2, 0) is 6.42 Å². The summed E-state index contributed by atoms with van der Waals surface area (Å²) in [5.74, 6) is 0.433. The Bertz CT molecular complexity index is 992. The molecule has 3 rings (SSSR count). The van der Waals surface area contributed by atoms with Gasteiger partial charge in [-0.25, -0.2) is 4.79 Å². The van der Waals surface area contributed by atoms with Crippen LogP contribution in [0.5, 0.6) is 11.5 Å². The standard InChI is InChI=1S/C21H20N2O5/c1-4-17-19(13(2)28-23-17)21(25)27-15-11-9-14(10-12-15)22-20(24)16-7-5-6-8-18(16)26-3/h5-12H,4H2,1-3H3,(H,22,24). The highest BCUT2D eigenvalue weighted by atomic mass is 16.5. The van der Waals surface area contributed by atoms with Crippen LogP contribution in [-0.4, -0.2) is 24.1 Å². The number of benzene rings is 2. The van der Waals surface area contributed by atoms with E-state index in [2.05, 4.69) is 10.5 Å². The molecular formula is C21H20N2O5. The summed E-state index contributed by atoms with van der Waals surface area (Å²) in [6, 6.07) is 13.4. The molecule has 7 nitrogen and oxygen atoms in total. The molecule has 0 aliphatic carbocycles. The Morgan fingerprint density at radius 2 is 1.82 bits per heavy atom. The van der Waals surface area contributed by atoms with Crippen molar-refractivity contribution in [3.63, 3.8) is 0 Å². The Morgan fingerprint density at radius 3 is 2.50 bits per heavy atom. The van der Waals surface area contributed by atoms with Gasteiger partial charge in [0.25, 0.3) is 5.91 Å². The van der Waals surface area contributed by atoms with Crippen LogP contribution in [0.15, 0.2) is 53.1 Å². The summed E-state index contributed by atoms with van der Waals surface area (Å²) in [5, 5.41) is 6.64. The number of aryl methyl sites for hydroxylation is 2. The molecule has 7 heteroatoms. The monoisotopic (exact) mass is 380 g/mol. The molecule has 1 aromatic heterocycles. The molecule has 0 fully saturated rings. The number of ether oxygens (including phenoxy) is 2. The zero-order chi connectivity index (χ0) is 20.1. The number of methoxy groups -OCH3 is 1. The van der Waals surface area contributed by atoms with E-state index in [1.54, 1.807) is 55.5 Å². The summed E-state index contributed by atoms with van der Waals surface area (Å²) in [6.07, 6.45) is 0.565. The first-order valence-electron chi connectivity index (χ1n) is 8.75. The number of hydrogen-bond donors (Lipinski definition) is 1. The lowest BCUT2D eigenvalue weighted by Crippen LogP contribution is -2.13. The van der Waals surface area contributed by atoms with Gasteiger partial charge in [0.05, 0.1) is 18.4 Å². The fraction of sp³-hybridized carbons (Fsp3) is 0.190. The van der Waals surface area contributed by atoms with Crippen LogP contribution >= 0.6 is 0 Å². The number of carbonyl (C=O) groups is 2. The number of aromatic nitrogens is 1. The van der Waals surface area contributed by atoms with Crippen LogP contribution in [0.1, 0.15) is 39.1 Å². The van der Waals surface area contributed by atoms with E-state index >= 15 is 0 Å². The molecule has 0 saturated carbocycles. The lowest BCUT2D eigenvalue weighted by molar-refractivity contribution is 0.0731. The molecule has 0 atom stereocenters. The number of esters is 1. The Hall–Kier alpha value is -3.61. The zero-order valence-corrected chi connectivity index (χ0v) is 15.8. The average Bonchev–Trinajstić information content (AvgIpc) is 3.10. The van der Waals surface area contributed by atoms with Crippen molar-refractivity contribution in [3.05, 3.63) is 71.1 Å². The van der Waals surface area contributed by atoms with Gasteiger partial charge in [0.2, 0.25) is 0 Å². The quantitative estimate of drug-likeness (QED) is 0.513. The van der Waals surface area contributed by atoms with Crippen LogP contribution in [0.25, 0.3) is 0 Å². The van der Waals surface area contributed by atoms with E-state index in [9.17, 15) is 9.59 Å². The van der Waals surface area contributed by atoms with Gasteiger partial charge in [0.1, 0.15) is 22.8 Å². The fourth-order valence-electron chi connectivity index (χ4n) is 2.72. The van der Waals surface area contributed by atoms with Crippen molar-refractivity contribution >= 4 is 17.6 Å². The maximum absolute atomic E-state index is 12.4. The van der Waals surface area contributed by atoms with Crippen LogP contribution < -0.4 is 14.8 Å². The molecule has 0 saturated heterocycles. The third-order valence-electron chi connectivity index (χ3n) is 4.15. The van der Waals surface area contributed by atoms with Gasteiger partial charge in [-0.2, -0.15) is 0 Å². The van der Waals surface area contributed by atoms with E-state index in [4.69, 9.17) is 14.0 Å². The Balaban J connectivity index is 1.69. The SMILES string of the molecule is CCc1noc(C)c1C(=O)Oc1ccc(NC(=O)c2ccccc2OC)cc1. The van der Waals surface area contributed by atoms with Crippen molar-refractivity contribution in [2.24, 2.45) is 0 Å². The molecule has 0 bridgehead atoms. The molecule has 144 valence electrons. The molecule has 0 spiro atoms. The highest BCUT2D eigenvalue weighted by Crippen LogP contribution is 2.22. The van der Waals surface area contributed by atoms with Gasteiger partial charge in [0, 0.05) is 5.69 Å². The Morgan fingerprint density at radius 1 is 1.11 bits per heavy atom. The molecule has 0 aliphatic rings. The third kappa shape index (κ3) is 4.03. The van der Waals surface area contributed by atoms with Crippen molar-refractivity contribution in [1.82, 2.24) is 5.16 Å². The van der Waals surface area contributed by atoms with Crippen LogP contribution in [0.2, 0.25) is 0 Å². The summed E-state index contributed by atoms with van der Waals surface area (Å²) in [5.41, 5.74) is 1.89. The zero-order valence-electron chi connectivity index (χ0n) is 15.8. The molecule has 2 aromatic carbocycles. The fourth-order valence-corrected chi connectivity index (χ4v) is 2.72. The molecular weight excluding hydrogens is 360 g/mol. The number of nitrogens with zero attached hydrogens (tertiary/aromatic N) is 1. The predicted molar refractivity (Wildman–Crippen MR) is 103 cm³/mol. The number of anilines is 1. The maximum atomic E-state index is 12.4. The molecule has 0 aliphatic heterocycles. The normalized spacial score (nSPS) is 10.4. The van der Waals surface area contributed by atoms with E-state index in [-0.39, 0.29) is 5.91 Å². The minimum atomic E-state index is -0.526. The molecule has 3 aromatic rings. The number of rotatable bonds is 6. The summed E-state index contributed by atoms with van der Waals surface area (Å²) in [4.78, 5) is 24.8. The lowest BCUT2D eigenvalue weighted by Gasteiger charge is -2.10. The number of amides is 1. The smallest absolute Gasteiger partial charge is 0.349 e. The number of nitrogens with one attached hydrogen (secondary N) is 1. The van der Waals surface area contributed by atoms with Crippen molar-refractivity contribution in [3.8, 4) is 11.5 Å². The van der Waals surface area contributed by atoms with E-state index in [0.29, 0.717) is 46.2 Å². The Labute approximate surface area is 162 Å². The molecule has 1 N–H and O–H groups in total.